The first kappa shape index (κ1) is 21.6. The molecule has 0 heterocycles. The molecule has 3 heteroatoms. The zero-order valence-corrected chi connectivity index (χ0v) is 17.5. The molecular formula is C21H43BN2. The highest BCUT2D eigenvalue weighted by Gasteiger charge is 2.17. The average Bonchev–Trinajstić information content (AvgIpc) is 2.55. The Balaban J connectivity index is 2.41. The van der Waals surface area contributed by atoms with Crippen LogP contribution in [-0.2, 0) is 0 Å². The Labute approximate surface area is 153 Å². The lowest BCUT2D eigenvalue weighted by Crippen LogP contribution is -2.33. The second-order valence-corrected chi connectivity index (χ2v) is 8.76. The van der Waals surface area contributed by atoms with Crippen LogP contribution in [0.1, 0.15) is 91.4 Å². The van der Waals surface area contributed by atoms with Crippen LogP contribution in [0.25, 0.3) is 0 Å². The number of amidine groups is 1. The second kappa shape index (κ2) is 12.0. The molecule has 0 radical (unpaired) electrons. The first-order valence-electron chi connectivity index (χ1n) is 10.6. The van der Waals surface area contributed by atoms with Gasteiger partial charge >= 0.3 is 0 Å². The first-order chi connectivity index (χ1) is 11.4. The van der Waals surface area contributed by atoms with Crippen LogP contribution in [0.2, 0.25) is 5.82 Å². The van der Waals surface area contributed by atoms with Crippen LogP contribution in [0.4, 0.5) is 0 Å². The van der Waals surface area contributed by atoms with Crippen molar-refractivity contribution < 1.29 is 0 Å². The minimum atomic E-state index is 0.541. The summed E-state index contributed by atoms with van der Waals surface area (Å²) in [5.74, 6) is 4.01. The molecule has 1 saturated carbocycles. The molecule has 2 nitrogen and oxygen atoms in total. The van der Waals surface area contributed by atoms with E-state index in [9.17, 15) is 0 Å². The third-order valence-corrected chi connectivity index (χ3v) is 6.16. The number of hydrogen-bond acceptors (Lipinski definition) is 1. The molecule has 1 aliphatic carbocycles. The van der Waals surface area contributed by atoms with Gasteiger partial charge in [-0.05, 0) is 38.5 Å². The van der Waals surface area contributed by atoms with Crippen molar-refractivity contribution in [3.05, 3.63) is 0 Å². The number of rotatable bonds is 6. The predicted octanol–water partition coefficient (Wildman–Crippen LogP) is 5.33. The molecular weight excluding hydrogens is 291 g/mol. The number of nitrogens with zero attached hydrogens (tertiary/aromatic N) is 2. The third kappa shape index (κ3) is 8.58. The molecule has 0 aliphatic heterocycles. The van der Waals surface area contributed by atoms with E-state index in [0.717, 1.165) is 24.1 Å². The first-order valence-corrected chi connectivity index (χ1v) is 10.6. The smallest absolute Gasteiger partial charge is 0.105 e. The van der Waals surface area contributed by atoms with Crippen LogP contribution >= 0.6 is 0 Å². The maximum absolute atomic E-state index is 4.53. The molecule has 0 saturated heterocycles. The van der Waals surface area contributed by atoms with Gasteiger partial charge in [0.1, 0.15) is 7.85 Å². The van der Waals surface area contributed by atoms with Crippen molar-refractivity contribution in [2.24, 2.45) is 16.8 Å². The van der Waals surface area contributed by atoms with Crippen molar-refractivity contribution in [3.8, 4) is 0 Å². The molecule has 0 amide bonds. The van der Waals surface area contributed by atoms with Gasteiger partial charge in [-0.15, -0.1) is 0 Å². The Bertz CT molecular complexity index is 354. The molecule has 1 rings (SSSR count). The molecule has 1 fully saturated rings. The van der Waals surface area contributed by atoms with Crippen molar-refractivity contribution in [1.29, 1.82) is 0 Å². The fraction of sp³-hybridized carbons (Fsp3) is 0.952. The average molecular weight is 334 g/mol. The molecule has 0 N–H and O–H groups in total. The Hall–Kier alpha value is -0.465. The highest BCUT2D eigenvalue weighted by Crippen LogP contribution is 2.31. The quantitative estimate of drug-likeness (QED) is 0.364. The van der Waals surface area contributed by atoms with Gasteiger partial charge in [-0.3, -0.25) is 4.99 Å². The van der Waals surface area contributed by atoms with E-state index < -0.39 is 0 Å². The highest BCUT2D eigenvalue weighted by atomic mass is 15.2. The Morgan fingerprint density at radius 2 is 1.71 bits per heavy atom. The van der Waals surface area contributed by atoms with Gasteiger partial charge in [0.15, 0.2) is 0 Å². The molecule has 140 valence electrons. The van der Waals surface area contributed by atoms with Crippen LogP contribution in [-0.4, -0.2) is 38.7 Å². The second-order valence-electron chi connectivity index (χ2n) is 8.76. The largest absolute Gasteiger partial charge is 0.361 e. The van der Waals surface area contributed by atoms with Crippen molar-refractivity contribution in [2.45, 2.75) is 103 Å². The van der Waals surface area contributed by atoms with Crippen molar-refractivity contribution in [3.63, 3.8) is 0 Å². The summed E-state index contributed by atoms with van der Waals surface area (Å²) in [5, 5.41) is 0. The topological polar surface area (TPSA) is 15.6 Å². The third-order valence-electron chi connectivity index (χ3n) is 6.16. The van der Waals surface area contributed by atoms with Gasteiger partial charge in [0.25, 0.3) is 0 Å². The van der Waals surface area contributed by atoms with E-state index in [1.165, 1.54) is 70.0 Å². The van der Waals surface area contributed by atoms with Gasteiger partial charge in [-0.1, -0.05) is 64.1 Å². The molecule has 0 aromatic carbocycles. The molecule has 24 heavy (non-hydrogen) atoms. The molecule has 0 aromatic heterocycles. The Morgan fingerprint density at radius 3 is 2.33 bits per heavy atom. The van der Waals surface area contributed by atoms with E-state index in [1.54, 1.807) is 0 Å². The summed E-state index contributed by atoms with van der Waals surface area (Å²) in [4.78, 5) is 6.86. The zero-order valence-electron chi connectivity index (χ0n) is 17.5. The van der Waals surface area contributed by atoms with Crippen LogP contribution in [0.5, 0.6) is 0 Å². The highest BCUT2D eigenvalue weighted by molar-refractivity contribution is 6.11. The van der Waals surface area contributed by atoms with Gasteiger partial charge in [-0.2, -0.15) is 0 Å². The van der Waals surface area contributed by atoms with Crippen LogP contribution in [0, 0.1) is 11.8 Å². The Morgan fingerprint density at radius 1 is 1.04 bits per heavy atom. The van der Waals surface area contributed by atoms with E-state index in [1.807, 2.05) is 7.05 Å². The maximum Gasteiger partial charge on any atom is 0.105 e. The molecule has 0 aromatic rings. The summed E-state index contributed by atoms with van der Waals surface area (Å²) in [6.45, 7) is 6.95. The lowest BCUT2D eigenvalue weighted by Gasteiger charge is -2.27. The molecule has 0 bridgehead atoms. The summed E-state index contributed by atoms with van der Waals surface area (Å²) < 4.78 is 0. The normalized spacial score (nSPS) is 25.5. The predicted molar refractivity (Wildman–Crippen MR) is 112 cm³/mol. The molecule has 1 aliphatic rings. The SMILES string of the molecule is BC1CCCCCCC(CC(C)CC/C(=N\C)N(C)C(C)C)CC1. The van der Waals surface area contributed by atoms with Gasteiger partial charge in [0.05, 0.1) is 5.84 Å². The Kier molecular flexibility index (Phi) is 10.8. The van der Waals surface area contributed by atoms with E-state index in [2.05, 4.69) is 45.6 Å². The van der Waals surface area contributed by atoms with Gasteiger partial charge < -0.3 is 4.90 Å². The lowest BCUT2D eigenvalue weighted by atomic mass is 9.75. The van der Waals surface area contributed by atoms with Crippen molar-refractivity contribution >= 4 is 13.7 Å². The number of aliphatic imine (C=N–C) groups is 1. The van der Waals surface area contributed by atoms with Gasteiger partial charge in [0, 0.05) is 26.6 Å². The van der Waals surface area contributed by atoms with Gasteiger partial charge in [0.2, 0.25) is 0 Å². The monoisotopic (exact) mass is 334 g/mol. The maximum atomic E-state index is 4.53. The summed E-state index contributed by atoms with van der Waals surface area (Å²) in [7, 11) is 6.59. The van der Waals surface area contributed by atoms with Crippen LogP contribution < -0.4 is 0 Å². The summed E-state index contributed by atoms with van der Waals surface area (Å²) in [6.07, 6.45) is 15.5. The summed E-state index contributed by atoms with van der Waals surface area (Å²) >= 11 is 0. The standard InChI is InChI=1S/C21H43BN2/c1-17(2)24(5)21(23-4)15-12-18(3)16-19-10-8-6-7-9-11-20(22)14-13-19/h17-20H,6-16,22H2,1-5H3/b23-21+. The molecule has 3 unspecified atom stereocenters. The molecule has 3 atom stereocenters. The summed E-state index contributed by atoms with van der Waals surface area (Å²) in [6, 6.07) is 0.541. The van der Waals surface area contributed by atoms with E-state index in [-0.39, 0.29) is 0 Å². The van der Waals surface area contributed by atoms with E-state index >= 15 is 0 Å². The van der Waals surface area contributed by atoms with Crippen LogP contribution in [0.15, 0.2) is 4.99 Å². The molecule has 0 spiro atoms. The zero-order chi connectivity index (χ0) is 17.9. The van der Waals surface area contributed by atoms with E-state index in [0.29, 0.717) is 6.04 Å². The number of hydrogen-bond donors (Lipinski definition) is 0. The summed E-state index contributed by atoms with van der Waals surface area (Å²) in [5.41, 5.74) is 0. The van der Waals surface area contributed by atoms with Crippen molar-refractivity contribution in [1.82, 2.24) is 4.90 Å². The fourth-order valence-electron chi connectivity index (χ4n) is 4.13. The van der Waals surface area contributed by atoms with Gasteiger partial charge in [-0.25, -0.2) is 0 Å². The van der Waals surface area contributed by atoms with Crippen LogP contribution in [0.3, 0.4) is 0 Å². The van der Waals surface area contributed by atoms with E-state index in [4.69, 9.17) is 0 Å². The minimum Gasteiger partial charge on any atom is -0.361 e. The van der Waals surface area contributed by atoms with Crippen molar-refractivity contribution in [2.75, 3.05) is 14.1 Å². The fourth-order valence-corrected chi connectivity index (χ4v) is 4.13. The lowest BCUT2D eigenvalue weighted by molar-refractivity contribution is 0.311. The minimum absolute atomic E-state index is 0.541.